The number of esters is 1. The van der Waals surface area contributed by atoms with Crippen molar-refractivity contribution in [1.29, 1.82) is 0 Å². The van der Waals surface area contributed by atoms with Gasteiger partial charge in [-0.25, -0.2) is 14.4 Å². The molecule has 13 nitrogen and oxygen atoms in total. The van der Waals surface area contributed by atoms with Crippen molar-refractivity contribution in [1.82, 2.24) is 14.9 Å². The van der Waals surface area contributed by atoms with Gasteiger partial charge in [0.1, 0.15) is 30.6 Å². The second-order valence-electron chi connectivity index (χ2n) is 9.26. The average Bonchev–Trinajstić information content (AvgIpc) is 3.13. The molecule has 1 saturated heterocycles. The van der Waals surface area contributed by atoms with Crippen LogP contribution in [0.5, 0.6) is 0 Å². The summed E-state index contributed by atoms with van der Waals surface area (Å²) in [6, 6.07) is -1.68. The highest BCUT2D eigenvalue weighted by atomic mass is 16.6. The van der Waals surface area contributed by atoms with E-state index >= 15 is 0 Å². The molecule has 0 bridgehead atoms. The summed E-state index contributed by atoms with van der Waals surface area (Å²) >= 11 is 0. The SMILES string of the molecule is CC[C@H](C)[C@H](NC(=O)OC(C)(C)C)C(=O)OC[C@H]1O[C@@H](n2cc(C)c(=O)[nH]c2=O)C[C@@H]1N=[N+]=[N-]. The zero-order chi connectivity index (χ0) is 25.6. The van der Waals surface area contributed by atoms with Crippen LogP contribution in [-0.4, -0.2) is 52.0 Å². The Morgan fingerprint density at radius 2 is 2.09 bits per heavy atom. The normalized spacial score (nSPS) is 21.8. The summed E-state index contributed by atoms with van der Waals surface area (Å²) in [5.41, 5.74) is 7.31. The van der Waals surface area contributed by atoms with Crippen LogP contribution in [-0.2, 0) is 19.0 Å². The lowest BCUT2D eigenvalue weighted by Crippen LogP contribution is -2.48. The Morgan fingerprint density at radius 3 is 2.68 bits per heavy atom. The molecular weight excluding hydrogens is 448 g/mol. The molecule has 1 aromatic heterocycles. The second kappa shape index (κ2) is 11.2. The van der Waals surface area contributed by atoms with Gasteiger partial charge in [0, 0.05) is 23.1 Å². The van der Waals surface area contributed by atoms with Gasteiger partial charge < -0.3 is 19.5 Å². The van der Waals surface area contributed by atoms with Crippen LogP contribution < -0.4 is 16.6 Å². The maximum Gasteiger partial charge on any atom is 0.408 e. The van der Waals surface area contributed by atoms with E-state index in [0.717, 1.165) is 0 Å². The first-order valence-corrected chi connectivity index (χ1v) is 11.0. The highest BCUT2D eigenvalue weighted by Gasteiger charge is 2.38. The van der Waals surface area contributed by atoms with E-state index in [1.54, 1.807) is 34.6 Å². The lowest BCUT2D eigenvalue weighted by molar-refractivity contribution is -0.152. The number of ether oxygens (including phenoxy) is 3. The molecule has 0 saturated carbocycles. The first kappa shape index (κ1) is 26.9. The molecule has 0 aromatic carbocycles. The number of hydrogen-bond donors (Lipinski definition) is 2. The van der Waals surface area contributed by atoms with Crippen molar-refractivity contribution in [2.24, 2.45) is 11.0 Å². The van der Waals surface area contributed by atoms with Crippen molar-refractivity contribution in [2.45, 2.75) is 84.4 Å². The highest BCUT2D eigenvalue weighted by Crippen LogP contribution is 2.30. The third kappa shape index (κ3) is 7.09. The number of hydrogen-bond acceptors (Lipinski definition) is 8. The Kier molecular flexibility index (Phi) is 8.88. The highest BCUT2D eigenvalue weighted by molar-refractivity contribution is 5.81. The molecule has 1 fully saturated rings. The smallest absolute Gasteiger partial charge is 0.408 e. The number of alkyl carbamates (subject to hydrolysis) is 1. The molecule has 0 aliphatic carbocycles. The molecule has 0 unspecified atom stereocenters. The standard InChI is InChI=1S/C21H32N6O7/c1-7-11(2)16(23-20(31)34-21(4,5)6)18(29)32-10-14-13(25-26-22)8-15(33-14)27-9-12(3)17(28)24-19(27)30/h9,11,13-16H,7-8,10H2,1-6H3,(H,23,31)(H,24,28,30)/t11-,13-,14+,15+,16-/m0/s1. The number of aromatic amines is 1. The van der Waals surface area contributed by atoms with Gasteiger partial charge >= 0.3 is 17.8 Å². The first-order valence-electron chi connectivity index (χ1n) is 11.0. The van der Waals surface area contributed by atoms with E-state index in [4.69, 9.17) is 19.7 Å². The lowest BCUT2D eigenvalue weighted by Gasteiger charge is -2.26. The fraction of sp³-hybridized carbons (Fsp3) is 0.714. The molecule has 2 rings (SSSR count). The van der Waals surface area contributed by atoms with E-state index in [0.29, 0.717) is 12.0 Å². The third-order valence-corrected chi connectivity index (χ3v) is 5.39. The topological polar surface area (TPSA) is 177 Å². The van der Waals surface area contributed by atoms with Crippen LogP contribution in [0.3, 0.4) is 0 Å². The van der Waals surface area contributed by atoms with Crippen molar-refractivity contribution in [3.8, 4) is 0 Å². The summed E-state index contributed by atoms with van der Waals surface area (Å²) in [6.45, 7) is 10.1. The molecule has 13 heteroatoms. The molecule has 1 aliphatic heterocycles. The summed E-state index contributed by atoms with van der Waals surface area (Å²) in [7, 11) is 0. The summed E-state index contributed by atoms with van der Waals surface area (Å²) in [5, 5.41) is 6.25. The number of nitrogens with one attached hydrogen (secondary N) is 2. The molecule has 1 aliphatic rings. The number of aryl methyl sites for hydroxylation is 1. The van der Waals surface area contributed by atoms with Gasteiger partial charge in [0.05, 0.1) is 6.04 Å². The van der Waals surface area contributed by atoms with Crippen LogP contribution in [0.1, 0.15) is 59.3 Å². The van der Waals surface area contributed by atoms with E-state index < -0.39 is 53.3 Å². The summed E-state index contributed by atoms with van der Waals surface area (Å²) in [5.74, 6) is -0.933. The summed E-state index contributed by atoms with van der Waals surface area (Å²) < 4.78 is 17.7. The number of rotatable bonds is 8. The predicted molar refractivity (Wildman–Crippen MR) is 121 cm³/mol. The molecule has 2 N–H and O–H groups in total. The van der Waals surface area contributed by atoms with Crippen LogP contribution >= 0.6 is 0 Å². The predicted octanol–water partition coefficient (Wildman–Crippen LogP) is 2.29. The summed E-state index contributed by atoms with van der Waals surface area (Å²) in [4.78, 5) is 53.9. The van der Waals surface area contributed by atoms with Crippen LogP contribution in [0, 0.1) is 12.8 Å². The van der Waals surface area contributed by atoms with Crippen molar-refractivity contribution in [2.75, 3.05) is 6.61 Å². The minimum atomic E-state index is -0.959. The number of amides is 1. The molecule has 0 spiro atoms. The number of carbonyl (C=O) groups is 2. The number of carbonyl (C=O) groups excluding carboxylic acids is 2. The van der Waals surface area contributed by atoms with Crippen molar-refractivity contribution >= 4 is 12.1 Å². The van der Waals surface area contributed by atoms with E-state index in [2.05, 4.69) is 20.3 Å². The average molecular weight is 481 g/mol. The van der Waals surface area contributed by atoms with Crippen LogP contribution in [0.25, 0.3) is 10.4 Å². The fourth-order valence-corrected chi connectivity index (χ4v) is 3.38. The number of aromatic nitrogens is 2. The molecule has 1 amide bonds. The van der Waals surface area contributed by atoms with E-state index in [-0.39, 0.29) is 18.9 Å². The monoisotopic (exact) mass is 480 g/mol. The second-order valence-corrected chi connectivity index (χ2v) is 9.26. The maximum atomic E-state index is 12.8. The van der Waals surface area contributed by atoms with Crippen molar-refractivity contribution < 1.29 is 23.8 Å². The number of azide groups is 1. The Hall–Kier alpha value is -3.31. The molecule has 188 valence electrons. The zero-order valence-corrected chi connectivity index (χ0v) is 20.2. The van der Waals surface area contributed by atoms with Gasteiger partial charge in [0.15, 0.2) is 0 Å². The zero-order valence-electron chi connectivity index (χ0n) is 20.2. The van der Waals surface area contributed by atoms with Crippen LogP contribution in [0.4, 0.5) is 4.79 Å². The quantitative estimate of drug-likeness (QED) is 0.248. The number of nitrogens with zero attached hydrogens (tertiary/aromatic N) is 4. The summed E-state index contributed by atoms with van der Waals surface area (Å²) in [6.07, 6.45) is -0.310. The van der Waals surface area contributed by atoms with Gasteiger partial charge in [0.25, 0.3) is 5.56 Å². The van der Waals surface area contributed by atoms with Gasteiger partial charge in [-0.3, -0.25) is 14.3 Å². The number of H-pyrrole nitrogens is 1. The molecular formula is C21H32N6O7. The Morgan fingerprint density at radius 1 is 1.41 bits per heavy atom. The van der Waals surface area contributed by atoms with Gasteiger partial charge in [0.2, 0.25) is 0 Å². The van der Waals surface area contributed by atoms with Gasteiger partial charge in [-0.05, 0) is 39.1 Å². The Bertz CT molecular complexity index is 1050. The molecule has 2 heterocycles. The van der Waals surface area contributed by atoms with Crippen molar-refractivity contribution in [3.05, 3.63) is 43.0 Å². The van der Waals surface area contributed by atoms with Crippen LogP contribution in [0.15, 0.2) is 20.9 Å². The van der Waals surface area contributed by atoms with Crippen LogP contribution in [0.2, 0.25) is 0 Å². The lowest BCUT2D eigenvalue weighted by atomic mass is 9.99. The molecule has 0 radical (unpaired) electrons. The van der Waals surface area contributed by atoms with E-state index in [1.165, 1.54) is 10.8 Å². The van der Waals surface area contributed by atoms with Gasteiger partial charge in [-0.2, -0.15) is 0 Å². The van der Waals surface area contributed by atoms with Gasteiger partial charge in [-0.15, -0.1) is 0 Å². The fourth-order valence-electron chi connectivity index (χ4n) is 3.38. The Balaban J connectivity index is 2.12. The Labute approximate surface area is 196 Å². The maximum absolute atomic E-state index is 12.8. The minimum absolute atomic E-state index is 0.141. The van der Waals surface area contributed by atoms with Crippen molar-refractivity contribution in [3.63, 3.8) is 0 Å². The third-order valence-electron chi connectivity index (χ3n) is 5.39. The minimum Gasteiger partial charge on any atom is -0.461 e. The van der Waals surface area contributed by atoms with Gasteiger partial charge in [-0.1, -0.05) is 25.4 Å². The molecule has 34 heavy (non-hydrogen) atoms. The molecule has 5 atom stereocenters. The van der Waals surface area contributed by atoms with E-state index in [1.807, 2.05) is 6.92 Å². The molecule has 1 aromatic rings. The first-order chi connectivity index (χ1) is 15.9. The largest absolute Gasteiger partial charge is 0.461 e. The van der Waals surface area contributed by atoms with E-state index in [9.17, 15) is 19.2 Å².